The molecule has 0 amide bonds. The number of alkyl halides is 3. The molecule has 0 aliphatic carbocycles. The first-order valence-electron chi connectivity index (χ1n) is 10.8. The number of aliphatic hydroxyl groups excluding tert-OH is 2. The first-order chi connectivity index (χ1) is 12.9. The molecule has 0 aliphatic heterocycles. The van der Waals surface area contributed by atoms with Crippen molar-refractivity contribution in [1.29, 1.82) is 0 Å². The van der Waals surface area contributed by atoms with E-state index in [0.717, 1.165) is 57.8 Å². The van der Waals surface area contributed by atoms with Gasteiger partial charge in [0.05, 0.1) is 12.7 Å². The molecule has 0 rings (SSSR count). The van der Waals surface area contributed by atoms with Crippen LogP contribution in [-0.2, 0) is 4.74 Å². The standard InChI is InChI=1S/C21H41F3O3/c1-3-5-7-9-10-11-13-15-18(14-12-8-6-4-2)20(26)19(16-25)27-17-21(22,23)24/h18-20,25-26H,3-17H2,1-2H3. The molecule has 0 fully saturated rings. The third-order valence-electron chi connectivity index (χ3n) is 5.11. The quantitative estimate of drug-likeness (QED) is 0.278. The van der Waals surface area contributed by atoms with Gasteiger partial charge >= 0.3 is 6.18 Å². The van der Waals surface area contributed by atoms with Crippen molar-refractivity contribution in [2.75, 3.05) is 13.2 Å². The Hall–Kier alpha value is -0.330. The molecule has 0 radical (unpaired) electrons. The van der Waals surface area contributed by atoms with E-state index in [1.54, 1.807) is 0 Å². The van der Waals surface area contributed by atoms with Gasteiger partial charge in [0, 0.05) is 0 Å². The highest BCUT2D eigenvalue weighted by Gasteiger charge is 2.33. The van der Waals surface area contributed by atoms with E-state index >= 15 is 0 Å². The summed E-state index contributed by atoms with van der Waals surface area (Å²) in [6.07, 6.45) is 7.22. The average Bonchev–Trinajstić information content (AvgIpc) is 2.62. The van der Waals surface area contributed by atoms with Crippen LogP contribution >= 0.6 is 0 Å². The summed E-state index contributed by atoms with van der Waals surface area (Å²) in [5, 5.41) is 19.9. The van der Waals surface area contributed by atoms with Gasteiger partial charge in [-0.15, -0.1) is 0 Å². The third kappa shape index (κ3) is 15.3. The zero-order valence-corrected chi connectivity index (χ0v) is 17.3. The van der Waals surface area contributed by atoms with Crippen molar-refractivity contribution >= 4 is 0 Å². The minimum absolute atomic E-state index is 0.122. The molecule has 0 aromatic rings. The Labute approximate surface area is 163 Å². The van der Waals surface area contributed by atoms with E-state index in [9.17, 15) is 23.4 Å². The Bertz CT molecular complexity index is 324. The highest BCUT2D eigenvalue weighted by atomic mass is 19.4. The minimum Gasteiger partial charge on any atom is -0.394 e. The molecule has 0 aromatic heterocycles. The monoisotopic (exact) mass is 398 g/mol. The van der Waals surface area contributed by atoms with Gasteiger partial charge in [-0.1, -0.05) is 84.5 Å². The summed E-state index contributed by atoms with van der Waals surface area (Å²) in [4.78, 5) is 0. The molecule has 3 atom stereocenters. The number of hydrogen-bond acceptors (Lipinski definition) is 3. The Balaban J connectivity index is 4.46. The lowest BCUT2D eigenvalue weighted by atomic mass is 9.87. The van der Waals surface area contributed by atoms with Crippen molar-refractivity contribution < 1.29 is 28.1 Å². The fourth-order valence-electron chi connectivity index (χ4n) is 3.45. The maximum Gasteiger partial charge on any atom is 0.411 e. The molecule has 0 spiro atoms. The van der Waals surface area contributed by atoms with Crippen LogP contribution in [0.2, 0.25) is 0 Å². The van der Waals surface area contributed by atoms with Crippen LogP contribution in [0.3, 0.4) is 0 Å². The summed E-state index contributed by atoms with van der Waals surface area (Å²) < 4.78 is 41.9. The van der Waals surface area contributed by atoms with Crippen molar-refractivity contribution in [1.82, 2.24) is 0 Å². The Morgan fingerprint density at radius 1 is 0.778 bits per heavy atom. The topological polar surface area (TPSA) is 49.7 Å². The van der Waals surface area contributed by atoms with Crippen LogP contribution in [0.25, 0.3) is 0 Å². The van der Waals surface area contributed by atoms with Crippen LogP contribution in [0.1, 0.15) is 97.3 Å². The number of aliphatic hydroxyl groups is 2. The molecule has 0 bridgehead atoms. The fourth-order valence-corrected chi connectivity index (χ4v) is 3.45. The highest BCUT2D eigenvalue weighted by Crippen LogP contribution is 2.26. The average molecular weight is 399 g/mol. The Kier molecular flexibility index (Phi) is 16.4. The Morgan fingerprint density at radius 3 is 1.67 bits per heavy atom. The molecule has 164 valence electrons. The van der Waals surface area contributed by atoms with Gasteiger partial charge in [0.15, 0.2) is 0 Å². The predicted molar refractivity (Wildman–Crippen MR) is 104 cm³/mol. The van der Waals surface area contributed by atoms with Crippen molar-refractivity contribution in [2.45, 2.75) is 116 Å². The largest absolute Gasteiger partial charge is 0.411 e. The van der Waals surface area contributed by atoms with E-state index in [1.807, 2.05) is 0 Å². The summed E-state index contributed by atoms with van der Waals surface area (Å²) >= 11 is 0. The van der Waals surface area contributed by atoms with Gasteiger partial charge in [0.25, 0.3) is 0 Å². The summed E-state index contributed by atoms with van der Waals surface area (Å²) in [6.45, 7) is 2.27. The predicted octanol–water partition coefficient (Wildman–Crippen LogP) is 6.01. The van der Waals surface area contributed by atoms with Gasteiger partial charge in [-0.25, -0.2) is 0 Å². The lowest BCUT2D eigenvalue weighted by Gasteiger charge is -2.29. The lowest BCUT2D eigenvalue weighted by molar-refractivity contribution is -0.203. The van der Waals surface area contributed by atoms with Crippen LogP contribution in [0, 0.1) is 5.92 Å². The Morgan fingerprint density at radius 2 is 1.22 bits per heavy atom. The van der Waals surface area contributed by atoms with E-state index in [1.165, 1.54) is 25.7 Å². The van der Waals surface area contributed by atoms with Gasteiger partial charge in [0.1, 0.15) is 12.7 Å². The maximum absolute atomic E-state index is 12.4. The van der Waals surface area contributed by atoms with Crippen LogP contribution in [0.5, 0.6) is 0 Å². The summed E-state index contributed by atoms with van der Waals surface area (Å²) in [7, 11) is 0. The number of halogens is 3. The number of hydrogen-bond donors (Lipinski definition) is 2. The minimum atomic E-state index is -4.46. The second-order valence-corrected chi connectivity index (χ2v) is 7.66. The molecule has 27 heavy (non-hydrogen) atoms. The van der Waals surface area contributed by atoms with Crippen LogP contribution in [0.15, 0.2) is 0 Å². The summed E-state index contributed by atoms with van der Waals surface area (Å²) in [5.41, 5.74) is 0. The zero-order chi connectivity index (χ0) is 20.5. The molecule has 3 unspecified atom stereocenters. The molecule has 6 heteroatoms. The highest BCUT2D eigenvalue weighted by molar-refractivity contribution is 4.78. The van der Waals surface area contributed by atoms with E-state index in [4.69, 9.17) is 4.74 Å². The van der Waals surface area contributed by atoms with Crippen molar-refractivity contribution in [2.24, 2.45) is 5.92 Å². The fraction of sp³-hybridized carbons (Fsp3) is 1.00. The molecular weight excluding hydrogens is 357 g/mol. The molecular formula is C21H41F3O3. The van der Waals surface area contributed by atoms with Crippen LogP contribution in [0.4, 0.5) is 13.2 Å². The molecule has 2 N–H and O–H groups in total. The SMILES string of the molecule is CCCCCCCCCC(CCCCCC)C(O)C(CO)OCC(F)(F)F. The third-order valence-corrected chi connectivity index (χ3v) is 5.11. The molecule has 0 aliphatic rings. The molecule has 3 nitrogen and oxygen atoms in total. The van der Waals surface area contributed by atoms with Crippen molar-refractivity contribution in [3.05, 3.63) is 0 Å². The maximum atomic E-state index is 12.4. The molecule has 0 heterocycles. The normalized spacial score (nSPS) is 15.7. The number of unbranched alkanes of at least 4 members (excludes halogenated alkanes) is 9. The van der Waals surface area contributed by atoms with Crippen molar-refractivity contribution in [3.8, 4) is 0 Å². The number of rotatable bonds is 18. The van der Waals surface area contributed by atoms with Gasteiger partial charge in [-0.2, -0.15) is 13.2 Å². The second kappa shape index (κ2) is 16.6. The van der Waals surface area contributed by atoms with E-state index in [2.05, 4.69) is 13.8 Å². The van der Waals surface area contributed by atoms with E-state index in [-0.39, 0.29) is 5.92 Å². The molecule has 0 saturated heterocycles. The molecule has 0 saturated carbocycles. The van der Waals surface area contributed by atoms with Gasteiger partial charge in [-0.3, -0.25) is 0 Å². The van der Waals surface area contributed by atoms with Crippen molar-refractivity contribution in [3.63, 3.8) is 0 Å². The van der Waals surface area contributed by atoms with Gasteiger partial charge < -0.3 is 14.9 Å². The summed E-state index contributed by atoms with van der Waals surface area (Å²) in [6, 6.07) is 0. The van der Waals surface area contributed by atoms with E-state index in [0.29, 0.717) is 0 Å². The first-order valence-corrected chi connectivity index (χ1v) is 10.8. The lowest BCUT2D eigenvalue weighted by Crippen LogP contribution is -2.40. The second-order valence-electron chi connectivity index (χ2n) is 7.66. The van der Waals surface area contributed by atoms with Gasteiger partial charge in [-0.05, 0) is 18.8 Å². The van der Waals surface area contributed by atoms with E-state index < -0.39 is 31.6 Å². The smallest absolute Gasteiger partial charge is 0.394 e. The first kappa shape index (κ1) is 26.7. The number of ether oxygens (including phenoxy) is 1. The molecule has 0 aromatic carbocycles. The van der Waals surface area contributed by atoms with Crippen LogP contribution in [-0.4, -0.2) is 41.8 Å². The zero-order valence-electron chi connectivity index (χ0n) is 17.3. The van der Waals surface area contributed by atoms with Gasteiger partial charge in [0.2, 0.25) is 0 Å². The summed E-state index contributed by atoms with van der Waals surface area (Å²) in [5.74, 6) is -0.122. The van der Waals surface area contributed by atoms with Crippen LogP contribution < -0.4 is 0 Å².